The van der Waals surface area contributed by atoms with E-state index in [9.17, 15) is 14.4 Å². The summed E-state index contributed by atoms with van der Waals surface area (Å²) in [6.45, 7) is 0.282. The molecule has 2 atom stereocenters. The van der Waals surface area contributed by atoms with Crippen LogP contribution in [0.4, 0.5) is 0 Å². The lowest BCUT2D eigenvalue weighted by Gasteiger charge is -2.14. The van der Waals surface area contributed by atoms with E-state index in [-0.39, 0.29) is 36.1 Å². The van der Waals surface area contributed by atoms with Crippen molar-refractivity contribution in [3.8, 4) is 0 Å². The third-order valence-electron chi connectivity index (χ3n) is 5.29. The number of carbonyl (C=O) groups is 3. The Kier molecular flexibility index (Phi) is 4.32. The zero-order chi connectivity index (χ0) is 18.1. The first kappa shape index (κ1) is 16.6. The Hall–Kier alpha value is -2.89. The van der Waals surface area contributed by atoms with Crippen LogP contribution in [0.2, 0.25) is 0 Å². The second-order valence-electron chi connectivity index (χ2n) is 6.88. The molecule has 3 amide bonds. The van der Waals surface area contributed by atoms with E-state index in [0.29, 0.717) is 25.8 Å². The van der Waals surface area contributed by atoms with Crippen LogP contribution in [0.1, 0.15) is 18.4 Å². The molecule has 26 heavy (non-hydrogen) atoms. The molecule has 1 aromatic carbocycles. The smallest absolute Gasteiger partial charge is 0.240 e. The lowest BCUT2D eigenvalue weighted by molar-refractivity contribution is -0.143. The number of fused-ring (bicyclic) bond motifs is 2. The molecule has 2 heterocycles. The predicted molar refractivity (Wildman–Crippen MR) is 97.1 cm³/mol. The van der Waals surface area contributed by atoms with E-state index in [2.05, 4.69) is 10.3 Å². The van der Waals surface area contributed by atoms with Crippen LogP contribution in [-0.2, 0) is 20.8 Å². The van der Waals surface area contributed by atoms with Crippen LogP contribution in [0.5, 0.6) is 0 Å². The van der Waals surface area contributed by atoms with Gasteiger partial charge in [-0.25, -0.2) is 0 Å². The van der Waals surface area contributed by atoms with Gasteiger partial charge in [-0.05, 0) is 30.9 Å². The van der Waals surface area contributed by atoms with Crippen LogP contribution in [0, 0.1) is 11.8 Å². The zero-order valence-electron chi connectivity index (χ0n) is 14.4. The average molecular weight is 351 g/mol. The standard InChI is InChI=1S/C20H21N3O3/c24-18(12-23-19(25)15-6-1-2-7-16(15)20(23)26)21-10-9-13-11-22-17-8-4-3-5-14(13)17/h1-5,8,11,15-16,22H,6-7,9-10,12H2,(H,21,24)/t15-,16-/m1/s1. The van der Waals surface area contributed by atoms with Gasteiger partial charge in [0.25, 0.3) is 0 Å². The first-order chi connectivity index (χ1) is 12.6. The van der Waals surface area contributed by atoms with Crippen molar-refractivity contribution >= 4 is 28.6 Å². The van der Waals surface area contributed by atoms with Crippen molar-refractivity contribution in [1.82, 2.24) is 15.2 Å². The highest BCUT2D eigenvalue weighted by atomic mass is 16.2. The molecule has 1 fully saturated rings. The summed E-state index contributed by atoms with van der Waals surface area (Å²) in [7, 11) is 0. The molecule has 0 saturated carbocycles. The number of allylic oxidation sites excluding steroid dienone is 2. The van der Waals surface area contributed by atoms with Crippen molar-refractivity contribution in [2.45, 2.75) is 19.3 Å². The summed E-state index contributed by atoms with van der Waals surface area (Å²) in [5.74, 6) is -1.29. The van der Waals surface area contributed by atoms with E-state index in [0.717, 1.165) is 21.4 Å². The third-order valence-corrected chi connectivity index (χ3v) is 5.29. The van der Waals surface area contributed by atoms with Crippen molar-refractivity contribution < 1.29 is 14.4 Å². The molecule has 6 nitrogen and oxygen atoms in total. The van der Waals surface area contributed by atoms with Crippen LogP contribution in [0.15, 0.2) is 42.6 Å². The van der Waals surface area contributed by atoms with Gasteiger partial charge in [-0.1, -0.05) is 30.4 Å². The van der Waals surface area contributed by atoms with Crippen LogP contribution < -0.4 is 5.32 Å². The molecule has 0 unspecified atom stereocenters. The first-order valence-corrected chi connectivity index (χ1v) is 8.97. The number of nitrogens with one attached hydrogen (secondary N) is 2. The highest BCUT2D eigenvalue weighted by Gasteiger charge is 2.47. The quantitative estimate of drug-likeness (QED) is 0.636. The fraction of sp³-hybridized carbons (Fsp3) is 0.350. The number of H-pyrrole nitrogens is 1. The van der Waals surface area contributed by atoms with Gasteiger partial charge in [-0.3, -0.25) is 19.3 Å². The molecule has 1 saturated heterocycles. The Bertz CT molecular complexity index is 873. The minimum Gasteiger partial charge on any atom is -0.361 e. The Balaban J connectivity index is 1.32. The summed E-state index contributed by atoms with van der Waals surface area (Å²) in [6.07, 6.45) is 7.70. The largest absolute Gasteiger partial charge is 0.361 e. The number of amides is 3. The molecule has 0 spiro atoms. The number of hydrogen-bond donors (Lipinski definition) is 2. The number of aromatic amines is 1. The van der Waals surface area contributed by atoms with E-state index >= 15 is 0 Å². The fourth-order valence-corrected chi connectivity index (χ4v) is 3.90. The lowest BCUT2D eigenvalue weighted by atomic mass is 9.85. The zero-order valence-corrected chi connectivity index (χ0v) is 14.4. The molecule has 1 aliphatic heterocycles. The van der Waals surface area contributed by atoms with Crippen molar-refractivity contribution in [3.05, 3.63) is 48.2 Å². The van der Waals surface area contributed by atoms with E-state index in [1.165, 1.54) is 0 Å². The SMILES string of the molecule is O=C(CN1C(=O)[C@@H]2CC=CC[C@H]2C1=O)NCCc1c[nH]c2ccccc12. The summed E-state index contributed by atoms with van der Waals surface area (Å²) >= 11 is 0. The number of imide groups is 1. The number of benzene rings is 1. The second-order valence-corrected chi connectivity index (χ2v) is 6.88. The fourth-order valence-electron chi connectivity index (χ4n) is 3.90. The maximum atomic E-state index is 12.4. The van der Waals surface area contributed by atoms with Crippen LogP contribution in [0.25, 0.3) is 10.9 Å². The molecule has 2 N–H and O–H groups in total. The number of likely N-dealkylation sites (tertiary alicyclic amines) is 1. The molecule has 2 aromatic rings. The topological polar surface area (TPSA) is 82.3 Å². The molecule has 6 heteroatoms. The van der Waals surface area contributed by atoms with Gasteiger partial charge in [0.2, 0.25) is 17.7 Å². The highest BCUT2D eigenvalue weighted by Crippen LogP contribution is 2.34. The summed E-state index contributed by atoms with van der Waals surface area (Å²) in [4.78, 5) is 41.3. The molecule has 2 aliphatic rings. The van der Waals surface area contributed by atoms with E-state index in [4.69, 9.17) is 0 Å². The van der Waals surface area contributed by atoms with Crippen molar-refractivity contribution in [2.24, 2.45) is 11.8 Å². The lowest BCUT2D eigenvalue weighted by Crippen LogP contribution is -2.41. The molecular formula is C20H21N3O3. The number of carbonyl (C=O) groups excluding carboxylic acids is 3. The van der Waals surface area contributed by atoms with Gasteiger partial charge in [0.15, 0.2) is 0 Å². The van der Waals surface area contributed by atoms with Crippen molar-refractivity contribution in [3.63, 3.8) is 0 Å². The Morgan fingerprint density at radius 1 is 1.12 bits per heavy atom. The number of para-hydroxylation sites is 1. The van der Waals surface area contributed by atoms with Crippen molar-refractivity contribution in [2.75, 3.05) is 13.1 Å². The molecule has 0 radical (unpaired) electrons. The summed E-state index contributed by atoms with van der Waals surface area (Å²) in [5, 5.41) is 3.96. The van der Waals surface area contributed by atoms with E-state index in [1.807, 2.05) is 42.6 Å². The first-order valence-electron chi connectivity index (χ1n) is 8.97. The average Bonchev–Trinajstić information content (AvgIpc) is 3.17. The predicted octanol–water partition coefficient (Wildman–Crippen LogP) is 1.78. The maximum absolute atomic E-state index is 12.4. The molecule has 0 bridgehead atoms. The van der Waals surface area contributed by atoms with Gasteiger partial charge in [0.1, 0.15) is 6.54 Å². The van der Waals surface area contributed by atoms with E-state index < -0.39 is 0 Å². The molecule has 134 valence electrons. The summed E-state index contributed by atoms with van der Waals surface area (Å²) in [5.41, 5.74) is 2.20. The number of nitrogens with zero attached hydrogens (tertiary/aromatic N) is 1. The minimum atomic E-state index is -0.293. The molecule has 1 aromatic heterocycles. The van der Waals surface area contributed by atoms with Gasteiger partial charge in [0.05, 0.1) is 11.8 Å². The summed E-state index contributed by atoms with van der Waals surface area (Å²) < 4.78 is 0. The van der Waals surface area contributed by atoms with Gasteiger partial charge in [-0.15, -0.1) is 0 Å². The molecule has 1 aliphatic carbocycles. The number of rotatable bonds is 5. The number of hydrogen-bond acceptors (Lipinski definition) is 3. The van der Waals surface area contributed by atoms with Gasteiger partial charge in [-0.2, -0.15) is 0 Å². The molecule has 4 rings (SSSR count). The Morgan fingerprint density at radius 2 is 1.81 bits per heavy atom. The Labute approximate surface area is 151 Å². The van der Waals surface area contributed by atoms with Crippen LogP contribution in [-0.4, -0.2) is 40.7 Å². The van der Waals surface area contributed by atoms with Gasteiger partial charge in [0, 0.05) is 23.6 Å². The minimum absolute atomic E-state index is 0.182. The van der Waals surface area contributed by atoms with Crippen LogP contribution in [0.3, 0.4) is 0 Å². The van der Waals surface area contributed by atoms with Crippen LogP contribution >= 0.6 is 0 Å². The summed E-state index contributed by atoms with van der Waals surface area (Å²) in [6, 6.07) is 8.01. The Morgan fingerprint density at radius 3 is 2.54 bits per heavy atom. The van der Waals surface area contributed by atoms with Gasteiger partial charge < -0.3 is 10.3 Å². The normalized spacial score (nSPS) is 22.1. The maximum Gasteiger partial charge on any atom is 0.240 e. The highest BCUT2D eigenvalue weighted by molar-refractivity contribution is 6.07. The van der Waals surface area contributed by atoms with E-state index in [1.54, 1.807) is 0 Å². The second kappa shape index (κ2) is 6.78. The van der Waals surface area contributed by atoms with Gasteiger partial charge >= 0.3 is 0 Å². The number of aromatic nitrogens is 1. The molecular weight excluding hydrogens is 330 g/mol. The third kappa shape index (κ3) is 2.92. The monoisotopic (exact) mass is 351 g/mol. The van der Waals surface area contributed by atoms with Crippen molar-refractivity contribution in [1.29, 1.82) is 0 Å².